The summed E-state index contributed by atoms with van der Waals surface area (Å²) in [6.07, 6.45) is 8.05. The van der Waals surface area contributed by atoms with Crippen molar-refractivity contribution in [2.45, 2.75) is 38.5 Å². The molecule has 3 rings (SSSR count). The summed E-state index contributed by atoms with van der Waals surface area (Å²) in [5, 5.41) is 0. The van der Waals surface area contributed by atoms with Gasteiger partial charge in [-0.2, -0.15) is 0 Å². The highest BCUT2D eigenvalue weighted by molar-refractivity contribution is 5.99. The van der Waals surface area contributed by atoms with E-state index < -0.39 is 0 Å². The van der Waals surface area contributed by atoms with E-state index in [2.05, 4.69) is 4.90 Å². The Morgan fingerprint density at radius 3 is 2.40 bits per heavy atom. The molecule has 1 aromatic carbocycles. The number of halogens is 2. The van der Waals surface area contributed by atoms with Crippen LogP contribution in [0.15, 0.2) is 24.3 Å². The van der Waals surface area contributed by atoms with Crippen molar-refractivity contribution in [3.05, 3.63) is 29.8 Å². The first-order valence-electron chi connectivity index (χ1n) is 9.10. The molecule has 0 bridgehead atoms. The number of nitrogen functional groups attached to an aromatic ring is 1. The number of rotatable bonds is 3. The Balaban J connectivity index is 0.00000156. The summed E-state index contributed by atoms with van der Waals surface area (Å²) in [4.78, 5) is 17.2. The van der Waals surface area contributed by atoms with E-state index in [1.54, 1.807) is 6.07 Å². The van der Waals surface area contributed by atoms with Gasteiger partial charge in [-0.1, -0.05) is 31.4 Å². The highest BCUT2D eigenvalue weighted by atomic mass is 35.5. The molecular formula is C19H31Cl2N3O. The first kappa shape index (κ1) is 22.1. The summed E-state index contributed by atoms with van der Waals surface area (Å²) >= 11 is 0. The molecule has 2 aliphatic rings. The van der Waals surface area contributed by atoms with E-state index in [0.29, 0.717) is 11.3 Å². The molecule has 1 aliphatic heterocycles. The van der Waals surface area contributed by atoms with Gasteiger partial charge in [0.2, 0.25) is 0 Å². The lowest BCUT2D eigenvalue weighted by Crippen LogP contribution is -2.37. The minimum absolute atomic E-state index is 0. The normalized spacial score (nSPS) is 19.4. The van der Waals surface area contributed by atoms with Crippen molar-refractivity contribution in [3.63, 3.8) is 0 Å². The fourth-order valence-electron chi connectivity index (χ4n) is 3.95. The van der Waals surface area contributed by atoms with Gasteiger partial charge in [-0.05, 0) is 43.9 Å². The van der Waals surface area contributed by atoms with Crippen molar-refractivity contribution >= 4 is 36.4 Å². The molecule has 142 valence electrons. The van der Waals surface area contributed by atoms with Crippen LogP contribution in [0.1, 0.15) is 48.9 Å². The number of hydrogen-bond donors (Lipinski definition) is 1. The smallest absolute Gasteiger partial charge is 0.255 e. The van der Waals surface area contributed by atoms with E-state index in [0.717, 1.165) is 38.5 Å². The van der Waals surface area contributed by atoms with Crippen molar-refractivity contribution < 1.29 is 4.79 Å². The molecule has 2 fully saturated rings. The molecule has 1 aliphatic carbocycles. The van der Waals surface area contributed by atoms with Crippen LogP contribution in [0.5, 0.6) is 0 Å². The summed E-state index contributed by atoms with van der Waals surface area (Å²) in [5.41, 5.74) is 7.19. The SMILES string of the molecule is Cl.Cl.Nc1ccccc1C(=O)N1CCCN(CC2CCCCC2)CC1. The van der Waals surface area contributed by atoms with E-state index in [1.165, 1.54) is 38.6 Å². The summed E-state index contributed by atoms with van der Waals surface area (Å²) in [5.74, 6) is 0.957. The molecule has 25 heavy (non-hydrogen) atoms. The standard InChI is InChI=1S/C19H29N3O.2ClH/c20-18-10-5-4-9-17(18)19(23)22-12-6-11-21(13-14-22)15-16-7-2-1-3-8-16;;/h4-5,9-10,16H,1-3,6-8,11-15,20H2;2*1H. The van der Waals surface area contributed by atoms with E-state index >= 15 is 0 Å². The zero-order valence-corrected chi connectivity index (χ0v) is 16.5. The van der Waals surface area contributed by atoms with Crippen LogP contribution in [0.2, 0.25) is 0 Å². The number of benzene rings is 1. The lowest BCUT2D eigenvalue weighted by atomic mass is 9.89. The number of anilines is 1. The van der Waals surface area contributed by atoms with Gasteiger partial charge < -0.3 is 15.5 Å². The molecule has 1 saturated heterocycles. The number of nitrogens with two attached hydrogens (primary N) is 1. The van der Waals surface area contributed by atoms with Gasteiger partial charge in [0, 0.05) is 31.9 Å². The van der Waals surface area contributed by atoms with Crippen LogP contribution in [0.4, 0.5) is 5.69 Å². The fourth-order valence-corrected chi connectivity index (χ4v) is 3.95. The summed E-state index contributed by atoms with van der Waals surface area (Å²) in [6, 6.07) is 7.40. The number of carbonyl (C=O) groups excluding carboxylic acids is 1. The third kappa shape index (κ3) is 6.05. The minimum atomic E-state index is 0. The molecule has 0 spiro atoms. The summed E-state index contributed by atoms with van der Waals surface area (Å²) in [7, 11) is 0. The van der Waals surface area contributed by atoms with Crippen LogP contribution in [-0.2, 0) is 0 Å². The van der Waals surface area contributed by atoms with E-state index in [4.69, 9.17) is 5.73 Å². The molecule has 1 aromatic rings. The summed E-state index contributed by atoms with van der Waals surface area (Å²) < 4.78 is 0. The summed E-state index contributed by atoms with van der Waals surface area (Å²) in [6.45, 7) is 4.99. The molecule has 1 saturated carbocycles. The Labute approximate surface area is 163 Å². The predicted molar refractivity (Wildman–Crippen MR) is 109 cm³/mol. The molecule has 2 N–H and O–H groups in total. The number of amides is 1. The molecule has 0 radical (unpaired) electrons. The number of para-hydroxylation sites is 1. The Kier molecular flexibility index (Phi) is 9.62. The van der Waals surface area contributed by atoms with Gasteiger partial charge in [0.25, 0.3) is 5.91 Å². The van der Waals surface area contributed by atoms with Crippen molar-refractivity contribution in [1.29, 1.82) is 0 Å². The van der Waals surface area contributed by atoms with Crippen molar-refractivity contribution in [2.24, 2.45) is 5.92 Å². The van der Waals surface area contributed by atoms with Crippen LogP contribution < -0.4 is 5.73 Å². The highest BCUT2D eigenvalue weighted by Crippen LogP contribution is 2.25. The third-order valence-corrected chi connectivity index (χ3v) is 5.31. The Morgan fingerprint density at radius 2 is 1.68 bits per heavy atom. The zero-order chi connectivity index (χ0) is 16.1. The first-order valence-corrected chi connectivity index (χ1v) is 9.10. The number of hydrogen-bond acceptors (Lipinski definition) is 3. The predicted octanol–water partition coefficient (Wildman–Crippen LogP) is 3.84. The third-order valence-electron chi connectivity index (χ3n) is 5.31. The van der Waals surface area contributed by atoms with E-state index in [-0.39, 0.29) is 30.7 Å². The molecule has 0 aromatic heterocycles. The maximum absolute atomic E-state index is 12.7. The average molecular weight is 388 g/mol. The Bertz CT molecular complexity index is 535. The Morgan fingerprint density at radius 1 is 0.960 bits per heavy atom. The van der Waals surface area contributed by atoms with Crippen LogP contribution in [0.3, 0.4) is 0 Å². The van der Waals surface area contributed by atoms with Gasteiger partial charge >= 0.3 is 0 Å². The molecule has 1 amide bonds. The van der Waals surface area contributed by atoms with Gasteiger partial charge in [-0.15, -0.1) is 24.8 Å². The van der Waals surface area contributed by atoms with Crippen molar-refractivity contribution in [1.82, 2.24) is 9.80 Å². The lowest BCUT2D eigenvalue weighted by Gasteiger charge is -2.28. The molecule has 6 heteroatoms. The van der Waals surface area contributed by atoms with Gasteiger partial charge in [-0.25, -0.2) is 0 Å². The van der Waals surface area contributed by atoms with Crippen molar-refractivity contribution in [2.75, 3.05) is 38.5 Å². The van der Waals surface area contributed by atoms with Crippen LogP contribution in [0.25, 0.3) is 0 Å². The average Bonchev–Trinajstić information content (AvgIpc) is 2.81. The van der Waals surface area contributed by atoms with E-state index in [9.17, 15) is 4.79 Å². The molecule has 1 heterocycles. The zero-order valence-electron chi connectivity index (χ0n) is 14.9. The number of nitrogens with zero attached hydrogens (tertiary/aromatic N) is 2. The first-order chi connectivity index (χ1) is 11.2. The molecule has 4 nitrogen and oxygen atoms in total. The second-order valence-electron chi connectivity index (χ2n) is 7.04. The van der Waals surface area contributed by atoms with Gasteiger partial charge in [0.05, 0.1) is 5.56 Å². The Hall–Kier alpha value is -0.970. The van der Waals surface area contributed by atoms with Gasteiger partial charge in [-0.3, -0.25) is 4.79 Å². The monoisotopic (exact) mass is 387 g/mol. The largest absolute Gasteiger partial charge is 0.398 e. The van der Waals surface area contributed by atoms with E-state index in [1.807, 2.05) is 23.1 Å². The molecule has 0 unspecified atom stereocenters. The maximum Gasteiger partial charge on any atom is 0.255 e. The number of carbonyl (C=O) groups is 1. The second kappa shape index (κ2) is 10.9. The molecule has 0 atom stereocenters. The van der Waals surface area contributed by atoms with Crippen molar-refractivity contribution in [3.8, 4) is 0 Å². The quantitative estimate of drug-likeness (QED) is 0.801. The van der Waals surface area contributed by atoms with Crippen LogP contribution >= 0.6 is 24.8 Å². The van der Waals surface area contributed by atoms with Gasteiger partial charge in [0.15, 0.2) is 0 Å². The van der Waals surface area contributed by atoms with Crippen LogP contribution in [-0.4, -0.2) is 48.4 Å². The van der Waals surface area contributed by atoms with Crippen LogP contribution in [0, 0.1) is 5.92 Å². The highest BCUT2D eigenvalue weighted by Gasteiger charge is 2.23. The van der Waals surface area contributed by atoms with Gasteiger partial charge in [0.1, 0.15) is 0 Å². The molecular weight excluding hydrogens is 357 g/mol. The lowest BCUT2D eigenvalue weighted by molar-refractivity contribution is 0.0761. The fraction of sp³-hybridized carbons (Fsp3) is 0.632. The topological polar surface area (TPSA) is 49.6 Å². The maximum atomic E-state index is 12.7. The second-order valence-corrected chi connectivity index (χ2v) is 7.04. The minimum Gasteiger partial charge on any atom is -0.398 e.